The standard InChI is InChI=1S/C10H11BO5/c1-6-3-7-5-9(16-11(12)13)15-10(7)8(4-6)14-2/h3-5,12-13H,1-2H3. The Bertz CT molecular complexity index is 505. The monoisotopic (exact) mass is 222 g/mol. The second kappa shape index (κ2) is 4.07. The van der Waals surface area contributed by atoms with Crippen molar-refractivity contribution in [2.45, 2.75) is 6.92 Å². The quantitative estimate of drug-likeness (QED) is 0.760. The minimum Gasteiger partial charge on any atom is -0.493 e. The van der Waals surface area contributed by atoms with E-state index in [9.17, 15) is 0 Å². The third-order valence-corrected chi connectivity index (χ3v) is 2.15. The summed E-state index contributed by atoms with van der Waals surface area (Å²) in [6, 6.07) is 5.28. The van der Waals surface area contributed by atoms with Crippen LogP contribution in [0.4, 0.5) is 0 Å². The van der Waals surface area contributed by atoms with Gasteiger partial charge in [-0.1, -0.05) is 0 Å². The van der Waals surface area contributed by atoms with Crippen LogP contribution in [0.15, 0.2) is 22.6 Å². The average Bonchev–Trinajstić information content (AvgIpc) is 2.57. The fourth-order valence-corrected chi connectivity index (χ4v) is 1.55. The SMILES string of the molecule is COc1cc(C)cc2cc(OB(O)O)oc12. The Kier molecular flexibility index (Phi) is 2.76. The van der Waals surface area contributed by atoms with Gasteiger partial charge < -0.3 is 23.9 Å². The van der Waals surface area contributed by atoms with E-state index >= 15 is 0 Å². The molecule has 0 radical (unpaired) electrons. The lowest BCUT2D eigenvalue weighted by Crippen LogP contribution is -2.20. The minimum atomic E-state index is -1.90. The normalized spacial score (nSPS) is 10.5. The number of methoxy groups -OCH3 is 1. The average molecular weight is 222 g/mol. The van der Waals surface area contributed by atoms with Crippen molar-refractivity contribution in [1.29, 1.82) is 0 Å². The molecule has 0 aliphatic rings. The molecule has 1 heterocycles. The van der Waals surface area contributed by atoms with Gasteiger partial charge in [0.1, 0.15) is 0 Å². The third-order valence-electron chi connectivity index (χ3n) is 2.15. The Morgan fingerprint density at radius 3 is 2.62 bits per heavy atom. The van der Waals surface area contributed by atoms with Crippen molar-refractivity contribution in [2.75, 3.05) is 7.11 Å². The lowest BCUT2D eigenvalue weighted by atomic mass is 10.2. The molecule has 0 unspecified atom stereocenters. The van der Waals surface area contributed by atoms with E-state index in [1.807, 2.05) is 19.1 Å². The van der Waals surface area contributed by atoms with Crippen LogP contribution in [0.25, 0.3) is 11.0 Å². The summed E-state index contributed by atoms with van der Waals surface area (Å²) in [7, 11) is -0.356. The van der Waals surface area contributed by atoms with Crippen molar-refractivity contribution in [2.24, 2.45) is 0 Å². The first-order chi connectivity index (χ1) is 7.60. The lowest BCUT2D eigenvalue weighted by molar-refractivity contribution is 0.256. The van der Waals surface area contributed by atoms with Crippen LogP contribution in [0.2, 0.25) is 0 Å². The molecule has 1 aromatic heterocycles. The minimum absolute atomic E-state index is 0.0360. The molecule has 2 rings (SSSR count). The van der Waals surface area contributed by atoms with Crippen molar-refractivity contribution < 1.29 is 23.9 Å². The van der Waals surface area contributed by atoms with E-state index in [4.69, 9.17) is 19.2 Å². The first kappa shape index (κ1) is 10.8. The highest BCUT2D eigenvalue weighted by atomic mass is 16.7. The lowest BCUT2D eigenvalue weighted by Gasteiger charge is -2.01. The summed E-state index contributed by atoms with van der Waals surface area (Å²) in [5.74, 6) is 0.617. The molecule has 0 amide bonds. The molecule has 16 heavy (non-hydrogen) atoms. The van der Waals surface area contributed by atoms with E-state index in [1.165, 1.54) is 7.11 Å². The maximum atomic E-state index is 8.65. The number of ether oxygens (including phenoxy) is 1. The second-order valence-electron chi connectivity index (χ2n) is 3.40. The van der Waals surface area contributed by atoms with Crippen LogP contribution in [0.1, 0.15) is 5.56 Å². The number of rotatable bonds is 3. The third kappa shape index (κ3) is 1.98. The van der Waals surface area contributed by atoms with Crippen LogP contribution < -0.4 is 9.39 Å². The van der Waals surface area contributed by atoms with Gasteiger partial charge in [0.15, 0.2) is 11.3 Å². The fraction of sp³-hybridized carbons (Fsp3) is 0.200. The van der Waals surface area contributed by atoms with Crippen molar-refractivity contribution in [1.82, 2.24) is 0 Å². The molecule has 0 saturated carbocycles. The Hall–Kier alpha value is -1.66. The molecule has 84 valence electrons. The highest BCUT2D eigenvalue weighted by molar-refractivity contribution is 6.33. The molecule has 0 bridgehead atoms. The molecule has 2 N–H and O–H groups in total. The van der Waals surface area contributed by atoms with Gasteiger partial charge in [0, 0.05) is 11.5 Å². The predicted octanol–water partition coefficient (Wildman–Crippen LogP) is 1.10. The van der Waals surface area contributed by atoms with Crippen molar-refractivity contribution in [3.8, 4) is 11.7 Å². The maximum Gasteiger partial charge on any atom is 0.709 e. The highest BCUT2D eigenvalue weighted by Crippen LogP contribution is 2.33. The van der Waals surface area contributed by atoms with Crippen molar-refractivity contribution in [3.05, 3.63) is 23.8 Å². The summed E-state index contributed by atoms with van der Waals surface area (Å²) in [6.45, 7) is 1.93. The topological polar surface area (TPSA) is 72.1 Å². The summed E-state index contributed by atoms with van der Waals surface area (Å²) in [5, 5.41) is 18.1. The maximum absolute atomic E-state index is 8.65. The van der Waals surface area contributed by atoms with Gasteiger partial charge in [-0.2, -0.15) is 0 Å². The van der Waals surface area contributed by atoms with Crippen LogP contribution in [-0.4, -0.2) is 24.5 Å². The van der Waals surface area contributed by atoms with Gasteiger partial charge in [0.05, 0.1) is 7.11 Å². The van der Waals surface area contributed by atoms with Gasteiger partial charge in [0.2, 0.25) is 0 Å². The number of aryl methyl sites for hydroxylation is 1. The molecule has 0 saturated heterocycles. The first-order valence-corrected chi connectivity index (χ1v) is 4.71. The fourth-order valence-electron chi connectivity index (χ4n) is 1.55. The van der Waals surface area contributed by atoms with E-state index in [0.717, 1.165) is 10.9 Å². The molecule has 0 fully saturated rings. The summed E-state index contributed by atoms with van der Waals surface area (Å²) in [5.41, 5.74) is 1.53. The van der Waals surface area contributed by atoms with Crippen LogP contribution >= 0.6 is 0 Å². The largest absolute Gasteiger partial charge is 0.709 e. The molecular weight excluding hydrogens is 211 g/mol. The Morgan fingerprint density at radius 2 is 2.00 bits per heavy atom. The molecule has 0 spiro atoms. The zero-order valence-corrected chi connectivity index (χ0v) is 8.93. The van der Waals surface area contributed by atoms with E-state index in [-0.39, 0.29) is 5.95 Å². The van der Waals surface area contributed by atoms with Gasteiger partial charge in [-0.15, -0.1) is 0 Å². The van der Waals surface area contributed by atoms with Gasteiger partial charge in [0.25, 0.3) is 5.95 Å². The van der Waals surface area contributed by atoms with Crippen LogP contribution in [0, 0.1) is 6.92 Å². The number of fused-ring (bicyclic) bond motifs is 1. The molecule has 2 aromatic rings. The zero-order valence-electron chi connectivity index (χ0n) is 8.93. The first-order valence-electron chi connectivity index (χ1n) is 4.71. The summed E-state index contributed by atoms with van der Waals surface area (Å²) in [6.07, 6.45) is 0. The molecule has 0 aliphatic carbocycles. The van der Waals surface area contributed by atoms with E-state index in [2.05, 4.69) is 4.65 Å². The highest BCUT2D eigenvalue weighted by Gasteiger charge is 2.16. The van der Waals surface area contributed by atoms with E-state index in [1.54, 1.807) is 6.07 Å². The number of hydrogen-bond donors (Lipinski definition) is 2. The summed E-state index contributed by atoms with van der Waals surface area (Å²) >= 11 is 0. The molecule has 6 heteroatoms. The van der Waals surface area contributed by atoms with Crippen LogP contribution in [-0.2, 0) is 0 Å². The van der Waals surface area contributed by atoms with Gasteiger partial charge >= 0.3 is 7.32 Å². The number of benzene rings is 1. The molecular formula is C10H11BO5. The van der Waals surface area contributed by atoms with E-state index in [0.29, 0.717) is 11.3 Å². The molecule has 0 atom stereocenters. The summed E-state index contributed by atoms with van der Waals surface area (Å²) < 4.78 is 15.1. The number of hydrogen-bond acceptors (Lipinski definition) is 5. The van der Waals surface area contributed by atoms with Gasteiger partial charge in [-0.25, -0.2) is 0 Å². The van der Waals surface area contributed by atoms with Crippen LogP contribution in [0.5, 0.6) is 11.7 Å². The predicted molar refractivity (Wildman–Crippen MR) is 58.3 cm³/mol. The Balaban J connectivity index is 2.51. The van der Waals surface area contributed by atoms with E-state index < -0.39 is 7.32 Å². The Labute approximate surface area is 92.4 Å². The molecule has 5 nitrogen and oxygen atoms in total. The van der Waals surface area contributed by atoms with Crippen LogP contribution in [0.3, 0.4) is 0 Å². The van der Waals surface area contributed by atoms with Gasteiger partial charge in [-0.3, -0.25) is 0 Å². The smallest absolute Gasteiger partial charge is 0.493 e. The molecule has 0 aliphatic heterocycles. The zero-order chi connectivity index (χ0) is 11.7. The number of furan rings is 1. The summed E-state index contributed by atoms with van der Waals surface area (Å²) in [4.78, 5) is 0. The van der Waals surface area contributed by atoms with Gasteiger partial charge in [-0.05, 0) is 24.6 Å². The molecule has 1 aromatic carbocycles. The van der Waals surface area contributed by atoms with Crippen molar-refractivity contribution >= 4 is 18.3 Å². The Morgan fingerprint density at radius 1 is 1.25 bits per heavy atom. The second-order valence-corrected chi connectivity index (χ2v) is 3.40. The van der Waals surface area contributed by atoms with Crippen molar-refractivity contribution in [3.63, 3.8) is 0 Å².